The molecular weight excluding hydrogens is 266 g/mol. The third-order valence-corrected chi connectivity index (χ3v) is 6.14. The van der Waals surface area contributed by atoms with Gasteiger partial charge in [0.05, 0.1) is 0 Å². The van der Waals surface area contributed by atoms with Gasteiger partial charge in [0.1, 0.15) is 0 Å². The summed E-state index contributed by atoms with van der Waals surface area (Å²) in [6.45, 7) is 8.63. The van der Waals surface area contributed by atoms with Crippen LogP contribution in [0.5, 0.6) is 0 Å². The maximum atomic E-state index is 3.44. The first kappa shape index (κ1) is 13.1. The van der Waals surface area contributed by atoms with Crippen molar-refractivity contribution < 1.29 is 0 Å². The van der Waals surface area contributed by atoms with Gasteiger partial charge in [-0.3, -0.25) is 9.80 Å². The molecule has 0 amide bonds. The quantitative estimate of drug-likeness (QED) is 0.908. The topological polar surface area (TPSA) is 18.5 Å². The molecule has 0 spiro atoms. The average Bonchev–Trinajstić information content (AvgIpc) is 2.86. The van der Waals surface area contributed by atoms with Crippen LogP contribution in [0.2, 0.25) is 0 Å². The number of rotatable bonds is 3. The van der Waals surface area contributed by atoms with E-state index in [4.69, 9.17) is 0 Å². The third kappa shape index (κ3) is 2.50. The highest BCUT2D eigenvalue weighted by atomic mass is 32.2. The van der Waals surface area contributed by atoms with Gasteiger partial charge in [-0.25, -0.2) is 0 Å². The number of nitrogens with zero attached hydrogens (tertiary/aromatic N) is 2. The third-order valence-electron chi connectivity index (χ3n) is 4.88. The molecule has 20 heavy (non-hydrogen) atoms. The van der Waals surface area contributed by atoms with Crippen LogP contribution in [-0.2, 0) is 0 Å². The normalized spacial score (nSPS) is 28.3. The molecule has 3 heterocycles. The van der Waals surface area contributed by atoms with Gasteiger partial charge in [0.25, 0.3) is 0 Å². The second-order valence-corrected chi connectivity index (χ2v) is 7.27. The van der Waals surface area contributed by atoms with E-state index in [0.29, 0.717) is 0 Å². The molecule has 1 N–H and O–H groups in total. The van der Waals surface area contributed by atoms with E-state index in [1.807, 2.05) is 11.8 Å². The first-order valence-corrected chi connectivity index (χ1v) is 8.77. The number of fused-ring (bicyclic) bond motifs is 1. The predicted molar refractivity (Wildman–Crippen MR) is 84.6 cm³/mol. The predicted octanol–water partition coefficient (Wildman–Crippen LogP) is 1.47. The molecule has 108 valence electrons. The second-order valence-electron chi connectivity index (χ2n) is 6.20. The summed E-state index contributed by atoms with van der Waals surface area (Å²) in [4.78, 5) is 6.83. The Morgan fingerprint density at radius 2 is 1.95 bits per heavy atom. The molecule has 1 aromatic rings. The van der Waals surface area contributed by atoms with Gasteiger partial charge in [-0.2, -0.15) is 0 Å². The lowest BCUT2D eigenvalue weighted by atomic mass is 9.97. The smallest absolute Gasteiger partial charge is 0.0351 e. The van der Waals surface area contributed by atoms with Crippen LogP contribution in [0.4, 0.5) is 0 Å². The number of piperazine rings is 1. The number of hydrogen-bond donors (Lipinski definition) is 1. The lowest BCUT2D eigenvalue weighted by Crippen LogP contribution is -2.63. The summed E-state index contributed by atoms with van der Waals surface area (Å²) in [5, 5.41) is 3.44. The maximum absolute atomic E-state index is 3.44. The van der Waals surface area contributed by atoms with Crippen LogP contribution in [0.15, 0.2) is 29.2 Å². The first-order chi connectivity index (χ1) is 9.90. The van der Waals surface area contributed by atoms with Crippen LogP contribution in [0.25, 0.3) is 0 Å². The molecule has 3 aliphatic heterocycles. The first-order valence-electron chi connectivity index (χ1n) is 7.79. The minimum absolute atomic E-state index is 0.750. The molecule has 2 fully saturated rings. The molecule has 3 nitrogen and oxygen atoms in total. The number of nitrogens with one attached hydrogen (secondary N) is 1. The highest BCUT2D eigenvalue weighted by molar-refractivity contribution is 7.99. The summed E-state index contributed by atoms with van der Waals surface area (Å²) in [6, 6.07) is 9.78. The zero-order valence-electron chi connectivity index (χ0n) is 11.9. The molecule has 1 aromatic carbocycles. The fourth-order valence-corrected chi connectivity index (χ4v) is 4.90. The van der Waals surface area contributed by atoms with Gasteiger partial charge in [0.2, 0.25) is 0 Å². The van der Waals surface area contributed by atoms with Crippen LogP contribution >= 0.6 is 11.8 Å². The highest BCUT2D eigenvalue weighted by Gasteiger charge is 2.34. The molecule has 1 atom stereocenters. The van der Waals surface area contributed by atoms with Crippen molar-refractivity contribution in [3.63, 3.8) is 0 Å². The van der Waals surface area contributed by atoms with Crippen molar-refractivity contribution >= 4 is 11.8 Å². The number of hydrogen-bond acceptors (Lipinski definition) is 4. The summed E-state index contributed by atoms with van der Waals surface area (Å²) in [7, 11) is 0. The molecule has 0 bridgehead atoms. The van der Waals surface area contributed by atoms with E-state index >= 15 is 0 Å². The highest BCUT2D eigenvalue weighted by Crippen LogP contribution is 2.40. The van der Waals surface area contributed by atoms with E-state index in [9.17, 15) is 0 Å². The second kappa shape index (κ2) is 5.68. The van der Waals surface area contributed by atoms with E-state index in [0.717, 1.165) is 12.0 Å². The van der Waals surface area contributed by atoms with E-state index < -0.39 is 0 Å². The summed E-state index contributed by atoms with van der Waals surface area (Å²) in [6.07, 6.45) is 0. The molecule has 0 saturated carbocycles. The fourth-order valence-electron chi connectivity index (χ4n) is 3.66. The van der Waals surface area contributed by atoms with Crippen LogP contribution in [0.3, 0.4) is 0 Å². The lowest BCUT2D eigenvalue weighted by Gasteiger charge is -2.47. The summed E-state index contributed by atoms with van der Waals surface area (Å²) < 4.78 is 0. The van der Waals surface area contributed by atoms with Crippen LogP contribution in [0.1, 0.15) is 11.5 Å². The summed E-state index contributed by atoms with van der Waals surface area (Å²) in [5.41, 5.74) is 1.59. The zero-order chi connectivity index (χ0) is 13.4. The SMILES string of the molecule is c1ccc2c(c1)SCC2CN1CC(N2CCNCC2)C1. The average molecular weight is 289 g/mol. The maximum Gasteiger partial charge on any atom is 0.0351 e. The van der Waals surface area contributed by atoms with E-state index in [-0.39, 0.29) is 0 Å². The van der Waals surface area contributed by atoms with Crippen molar-refractivity contribution in [2.45, 2.75) is 16.9 Å². The monoisotopic (exact) mass is 289 g/mol. The van der Waals surface area contributed by atoms with Gasteiger partial charge in [-0.1, -0.05) is 18.2 Å². The minimum atomic E-state index is 0.750. The van der Waals surface area contributed by atoms with Gasteiger partial charge < -0.3 is 5.32 Å². The fraction of sp³-hybridized carbons (Fsp3) is 0.625. The summed E-state index contributed by atoms with van der Waals surface area (Å²) in [5.74, 6) is 2.02. The van der Waals surface area contributed by atoms with Crippen LogP contribution < -0.4 is 5.32 Å². The standard InChI is InChI=1S/C16H23N3S/c1-2-4-16-15(3-1)13(12-20-16)9-18-10-14(11-18)19-7-5-17-6-8-19/h1-4,13-14,17H,5-12H2. The molecule has 3 aliphatic rings. The largest absolute Gasteiger partial charge is 0.314 e. The van der Waals surface area contributed by atoms with E-state index in [1.165, 1.54) is 56.5 Å². The van der Waals surface area contributed by atoms with Gasteiger partial charge in [-0.15, -0.1) is 11.8 Å². The molecule has 4 rings (SSSR count). The Morgan fingerprint density at radius 1 is 1.15 bits per heavy atom. The number of likely N-dealkylation sites (tertiary alicyclic amines) is 1. The Labute approximate surface area is 125 Å². The Morgan fingerprint density at radius 3 is 2.80 bits per heavy atom. The van der Waals surface area contributed by atoms with Gasteiger partial charge in [0.15, 0.2) is 0 Å². The summed E-state index contributed by atoms with van der Waals surface area (Å²) >= 11 is 2.04. The molecule has 0 aliphatic carbocycles. The van der Waals surface area contributed by atoms with Crippen molar-refractivity contribution in [2.24, 2.45) is 0 Å². The lowest BCUT2D eigenvalue weighted by molar-refractivity contribution is 0.0248. The van der Waals surface area contributed by atoms with Gasteiger partial charge >= 0.3 is 0 Å². The molecule has 4 heteroatoms. The van der Waals surface area contributed by atoms with Crippen molar-refractivity contribution in [1.29, 1.82) is 0 Å². The molecular formula is C16H23N3S. The van der Waals surface area contributed by atoms with Crippen molar-refractivity contribution in [3.05, 3.63) is 29.8 Å². The van der Waals surface area contributed by atoms with E-state index in [2.05, 4.69) is 39.4 Å². The molecule has 2 saturated heterocycles. The number of benzene rings is 1. The van der Waals surface area contributed by atoms with Crippen LogP contribution in [0, 0.1) is 0 Å². The van der Waals surface area contributed by atoms with Gasteiger partial charge in [0, 0.05) is 68.4 Å². The zero-order valence-corrected chi connectivity index (χ0v) is 12.7. The van der Waals surface area contributed by atoms with Crippen molar-refractivity contribution in [3.8, 4) is 0 Å². The Balaban J connectivity index is 1.30. The minimum Gasteiger partial charge on any atom is -0.314 e. The Bertz CT molecular complexity index is 467. The van der Waals surface area contributed by atoms with Crippen LogP contribution in [-0.4, -0.2) is 67.4 Å². The number of thioether (sulfide) groups is 1. The molecule has 1 unspecified atom stereocenters. The molecule has 0 radical (unpaired) electrons. The van der Waals surface area contributed by atoms with E-state index in [1.54, 1.807) is 5.56 Å². The molecule has 0 aromatic heterocycles. The Kier molecular flexibility index (Phi) is 3.73. The Hall–Kier alpha value is -0.550. The van der Waals surface area contributed by atoms with Crippen molar-refractivity contribution in [2.75, 3.05) is 51.6 Å². The van der Waals surface area contributed by atoms with Crippen molar-refractivity contribution in [1.82, 2.24) is 15.1 Å². The van der Waals surface area contributed by atoms with Gasteiger partial charge in [-0.05, 0) is 11.6 Å².